The number of carbonyl (C=O) groups excluding carboxylic acids is 2. The van der Waals surface area contributed by atoms with Crippen LogP contribution < -0.4 is 9.91 Å². The van der Waals surface area contributed by atoms with Crippen molar-refractivity contribution in [3.8, 4) is 0 Å². The summed E-state index contributed by atoms with van der Waals surface area (Å²) in [4.78, 5) is 27.1. The van der Waals surface area contributed by atoms with Crippen LogP contribution in [0.3, 0.4) is 0 Å². The number of anilines is 2. The number of nitrogens with zero attached hydrogens (tertiary/aromatic N) is 4. The quantitative estimate of drug-likeness (QED) is 0.799. The fraction of sp³-hybridized carbons (Fsp3) is 0.300. The summed E-state index contributed by atoms with van der Waals surface area (Å²) >= 11 is 0. The van der Waals surface area contributed by atoms with Gasteiger partial charge in [0.25, 0.3) is 11.8 Å². The summed E-state index contributed by atoms with van der Waals surface area (Å²) in [5, 5.41) is 9.84. The largest absolute Gasteiger partial charge is 0.271 e. The third-order valence-electron chi connectivity index (χ3n) is 5.21. The number of amides is 2. The molecule has 2 aromatic carbocycles. The SMILES string of the molecule is CCc1ccc(N2C(=O)[C@H]3N=NN(c4cccc(C)c4C)[C@@H]3C2=O)cc1. The zero-order valence-corrected chi connectivity index (χ0v) is 15.0. The lowest BCUT2D eigenvalue weighted by Gasteiger charge is -2.22. The van der Waals surface area contributed by atoms with E-state index >= 15 is 0 Å². The number of rotatable bonds is 3. The van der Waals surface area contributed by atoms with Crippen LogP contribution in [0.2, 0.25) is 0 Å². The molecule has 0 unspecified atom stereocenters. The topological polar surface area (TPSA) is 65.3 Å². The maximum atomic E-state index is 13.1. The molecule has 26 heavy (non-hydrogen) atoms. The normalized spacial score (nSPS) is 21.7. The van der Waals surface area contributed by atoms with Crippen LogP contribution in [0.4, 0.5) is 11.4 Å². The second-order valence-electron chi connectivity index (χ2n) is 6.69. The van der Waals surface area contributed by atoms with Gasteiger partial charge in [-0.25, -0.2) is 9.91 Å². The van der Waals surface area contributed by atoms with E-state index in [1.54, 1.807) is 5.01 Å². The Labute approximate surface area is 152 Å². The molecule has 1 fully saturated rings. The fourth-order valence-electron chi connectivity index (χ4n) is 3.48. The van der Waals surface area contributed by atoms with Gasteiger partial charge < -0.3 is 0 Å². The molecule has 0 aromatic heterocycles. The van der Waals surface area contributed by atoms with E-state index in [-0.39, 0.29) is 11.8 Å². The van der Waals surface area contributed by atoms with Crippen molar-refractivity contribution in [1.29, 1.82) is 0 Å². The van der Waals surface area contributed by atoms with Crippen molar-refractivity contribution in [3.05, 3.63) is 59.2 Å². The molecule has 2 heterocycles. The second kappa shape index (κ2) is 6.05. The molecule has 1 saturated heterocycles. The molecule has 0 saturated carbocycles. The summed E-state index contributed by atoms with van der Waals surface area (Å²) in [7, 11) is 0. The van der Waals surface area contributed by atoms with Gasteiger partial charge in [-0.3, -0.25) is 9.59 Å². The number of hydrogen-bond donors (Lipinski definition) is 0. The van der Waals surface area contributed by atoms with Gasteiger partial charge in [0, 0.05) is 0 Å². The molecular weight excluding hydrogens is 328 g/mol. The summed E-state index contributed by atoms with van der Waals surface area (Å²) < 4.78 is 0. The van der Waals surface area contributed by atoms with Gasteiger partial charge in [0.1, 0.15) is 0 Å². The maximum absolute atomic E-state index is 13.1. The molecule has 2 atom stereocenters. The lowest BCUT2D eigenvalue weighted by molar-refractivity contribution is -0.121. The van der Waals surface area contributed by atoms with Crippen molar-refractivity contribution in [2.24, 2.45) is 10.3 Å². The molecule has 0 aliphatic carbocycles. The molecular formula is C20H20N4O2. The van der Waals surface area contributed by atoms with Crippen molar-refractivity contribution in [3.63, 3.8) is 0 Å². The van der Waals surface area contributed by atoms with Crippen molar-refractivity contribution in [1.82, 2.24) is 0 Å². The first kappa shape index (κ1) is 16.4. The van der Waals surface area contributed by atoms with Crippen LogP contribution in [0.15, 0.2) is 52.8 Å². The lowest BCUT2D eigenvalue weighted by atomic mass is 10.1. The van der Waals surface area contributed by atoms with Crippen LogP contribution in [0.25, 0.3) is 0 Å². The molecule has 2 aliphatic rings. The van der Waals surface area contributed by atoms with E-state index < -0.39 is 12.1 Å². The number of hydrogen-bond acceptors (Lipinski definition) is 5. The van der Waals surface area contributed by atoms with Crippen LogP contribution in [-0.2, 0) is 16.0 Å². The van der Waals surface area contributed by atoms with Gasteiger partial charge in [0.2, 0.25) is 0 Å². The van der Waals surface area contributed by atoms with Gasteiger partial charge in [-0.15, -0.1) is 0 Å². The zero-order chi connectivity index (χ0) is 18.4. The van der Waals surface area contributed by atoms with Gasteiger partial charge in [-0.1, -0.05) is 36.4 Å². The first-order chi connectivity index (χ1) is 12.5. The number of imide groups is 1. The Kier molecular flexibility index (Phi) is 3.83. The Hall–Kier alpha value is -3.02. The Bertz CT molecular complexity index is 920. The molecule has 6 nitrogen and oxygen atoms in total. The van der Waals surface area contributed by atoms with Gasteiger partial charge in [-0.05, 0) is 55.2 Å². The fourth-order valence-corrected chi connectivity index (χ4v) is 3.48. The highest BCUT2D eigenvalue weighted by Gasteiger charge is 2.55. The Morgan fingerprint density at radius 2 is 1.73 bits per heavy atom. The number of benzene rings is 2. The average Bonchev–Trinajstić information content (AvgIpc) is 3.18. The smallest absolute Gasteiger partial charge is 0.263 e. The summed E-state index contributed by atoms with van der Waals surface area (Å²) in [6.45, 7) is 6.05. The molecule has 2 aliphatic heterocycles. The number of aryl methyl sites for hydroxylation is 2. The van der Waals surface area contributed by atoms with Gasteiger partial charge >= 0.3 is 0 Å². The monoisotopic (exact) mass is 348 g/mol. The minimum absolute atomic E-state index is 0.282. The van der Waals surface area contributed by atoms with E-state index in [2.05, 4.69) is 17.3 Å². The predicted molar refractivity (Wildman–Crippen MR) is 99.1 cm³/mol. The van der Waals surface area contributed by atoms with Crippen LogP contribution in [0.1, 0.15) is 23.6 Å². The average molecular weight is 348 g/mol. The zero-order valence-electron chi connectivity index (χ0n) is 15.0. The van der Waals surface area contributed by atoms with E-state index in [1.165, 1.54) is 4.90 Å². The van der Waals surface area contributed by atoms with E-state index in [4.69, 9.17) is 0 Å². The Balaban J connectivity index is 1.70. The van der Waals surface area contributed by atoms with Crippen molar-refractivity contribution >= 4 is 23.2 Å². The first-order valence-corrected chi connectivity index (χ1v) is 8.76. The lowest BCUT2D eigenvalue weighted by Crippen LogP contribution is -2.40. The molecule has 0 N–H and O–H groups in total. The summed E-state index contributed by atoms with van der Waals surface area (Å²) in [5.74, 6) is -0.601. The van der Waals surface area contributed by atoms with Crippen molar-refractivity contribution in [2.45, 2.75) is 39.3 Å². The van der Waals surface area contributed by atoms with Gasteiger partial charge in [-0.2, -0.15) is 5.11 Å². The van der Waals surface area contributed by atoms with Gasteiger partial charge in [0.05, 0.1) is 11.4 Å². The Morgan fingerprint density at radius 1 is 1.00 bits per heavy atom. The Morgan fingerprint density at radius 3 is 2.42 bits per heavy atom. The predicted octanol–water partition coefficient (Wildman–Crippen LogP) is 3.36. The molecule has 2 amide bonds. The first-order valence-electron chi connectivity index (χ1n) is 8.76. The van der Waals surface area contributed by atoms with E-state index in [1.807, 2.05) is 56.3 Å². The van der Waals surface area contributed by atoms with Crippen LogP contribution >= 0.6 is 0 Å². The molecule has 0 bridgehead atoms. The highest BCUT2D eigenvalue weighted by Crippen LogP contribution is 2.36. The highest BCUT2D eigenvalue weighted by atomic mass is 16.2. The number of carbonyl (C=O) groups is 2. The van der Waals surface area contributed by atoms with Crippen molar-refractivity contribution < 1.29 is 9.59 Å². The summed E-state index contributed by atoms with van der Waals surface area (Å²) in [5.41, 5.74) is 4.68. The molecule has 132 valence electrons. The third-order valence-corrected chi connectivity index (χ3v) is 5.21. The third kappa shape index (κ3) is 2.33. The summed E-state index contributed by atoms with van der Waals surface area (Å²) in [6, 6.07) is 11.8. The van der Waals surface area contributed by atoms with Crippen LogP contribution in [0, 0.1) is 13.8 Å². The van der Waals surface area contributed by atoms with E-state index in [0.717, 1.165) is 28.8 Å². The minimum atomic E-state index is -0.784. The summed E-state index contributed by atoms with van der Waals surface area (Å²) in [6.07, 6.45) is 0.905. The standard InChI is InChI=1S/C20H20N4O2/c1-4-14-8-10-15(11-9-14)23-19(25)17-18(20(23)26)24(22-21-17)16-7-5-6-12(2)13(16)3/h5-11,17-18H,4H2,1-3H3/t17-,18-/m0/s1. The van der Waals surface area contributed by atoms with E-state index in [0.29, 0.717) is 5.69 Å². The number of fused-ring (bicyclic) bond motifs is 1. The molecule has 0 spiro atoms. The van der Waals surface area contributed by atoms with E-state index in [9.17, 15) is 9.59 Å². The second-order valence-corrected chi connectivity index (χ2v) is 6.69. The minimum Gasteiger partial charge on any atom is -0.271 e. The van der Waals surface area contributed by atoms with Gasteiger partial charge in [0.15, 0.2) is 12.1 Å². The van der Waals surface area contributed by atoms with Crippen molar-refractivity contribution in [2.75, 3.05) is 9.91 Å². The molecule has 2 aromatic rings. The maximum Gasteiger partial charge on any atom is 0.263 e. The molecule has 4 rings (SSSR count). The van der Waals surface area contributed by atoms with Crippen LogP contribution in [-0.4, -0.2) is 23.9 Å². The molecule has 0 radical (unpaired) electrons. The molecule has 6 heteroatoms. The van der Waals surface area contributed by atoms with Crippen LogP contribution in [0.5, 0.6) is 0 Å². The highest BCUT2D eigenvalue weighted by molar-refractivity contribution is 6.26.